The topological polar surface area (TPSA) is 107 Å². The van der Waals surface area contributed by atoms with Crippen LogP contribution in [0.1, 0.15) is 45.1 Å². The zero-order valence-corrected chi connectivity index (χ0v) is 19.2. The van der Waals surface area contributed by atoms with Gasteiger partial charge >= 0.3 is 7.12 Å². The third kappa shape index (κ3) is 4.65. The molecule has 33 heavy (non-hydrogen) atoms. The molecule has 2 amide bonds. The Morgan fingerprint density at radius 1 is 1.27 bits per heavy atom. The SMILES string of the molecule is CCCN1C(=O)[C@@H]2[C@@H](CC(CO)=C3[C@@H](CC/C(C)=C/c4cccc(O)c4)OB(O)C[C@@H]32)C1=O. The summed E-state index contributed by atoms with van der Waals surface area (Å²) in [7, 11) is -1.01. The highest BCUT2D eigenvalue weighted by atomic mass is 16.5. The minimum Gasteiger partial charge on any atom is -0.508 e. The van der Waals surface area contributed by atoms with Crippen LogP contribution in [0, 0.1) is 17.8 Å². The second-order valence-electron chi connectivity index (χ2n) is 9.43. The van der Waals surface area contributed by atoms with Gasteiger partial charge < -0.3 is 19.9 Å². The van der Waals surface area contributed by atoms with Gasteiger partial charge in [-0.05, 0) is 73.7 Å². The quantitative estimate of drug-likeness (QED) is 0.333. The second-order valence-corrected chi connectivity index (χ2v) is 9.43. The first-order chi connectivity index (χ1) is 15.8. The molecule has 1 aromatic rings. The average molecular weight is 453 g/mol. The molecular weight excluding hydrogens is 421 g/mol. The highest BCUT2D eigenvalue weighted by Gasteiger charge is 2.56. The normalized spacial score (nSPS) is 27.8. The van der Waals surface area contributed by atoms with Crippen molar-refractivity contribution in [2.75, 3.05) is 13.2 Å². The Morgan fingerprint density at radius 2 is 2.06 bits per heavy atom. The lowest BCUT2D eigenvalue weighted by Gasteiger charge is -2.42. The van der Waals surface area contributed by atoms with Crippen LogP contribution < -0.4 is 0 Å². The molecule has 1 aliphatic carbocycles. The van der Waals surface area contributed by atoms with E-state index in [2.05, 4.69) is 0 Å². The lowest BCUT2D eigenvalue weighted by molar-refractivity contribution is -0.140. The van der Waals surface area contributed by atoms with Crippen molar-refractivity contribution >= 4 is 25.0 Å². The predicted octanol–water partition coefficient (Wildman–Crippen LogP) is 2.78. The van der Waals surface area contributed by atoms with Gasteiger partial charge in [-0.3, -0.25) is 14.5 Å². The van der Waals surface area contributed by atoms with Crippen LogP contribution in [0.5, 0.6) is 5.75 Å². The number of aliphatic hydroxyl groups is 1. The van der Waals surface area contributed by atoms with Gasteiger partial charge in [0.15, 0.2) is 0 Å². The van der Waals surface area contributed by atoms with Crippen LogP contribution >= 0.6 is 0 Å². The van der Waals surface area contributed by atoms with Crippen molar-refractivity contribution in [3.8, 4) is 5.75 Å². The van der Waals surface area contributed by atoms with Crippen molar-refractivity contribution in [2.45, 2.75) is 52.0 Å². The molecule has 0 aromatic heterocycles. The number of rotatable bonds is 7. The Balaban J connectivity index is 1.57. The van der Waals surface area contributed by atoms with Gasteiger partial charge in [0, 0.05) is 6.54 Å². The number of aromatic hydroxyl groups is 1. The maximum atomic E-state index is 13.2. The molecule has 0 bridgehead atoms. The lowest BCUT2D eigenvalue weighted by Crippen LogP contribution is -2.46. The molecule has 2 fully saturated rings. The summed E-state index contributed by atoms with van der Waals surface area (Å²) in [5.41, 5.74) is 3.65. The molecule has 7 nitrogen and oxygen atoms in total. The van der Waals surface area contributed by atoms with Crippen molar-refractivity contribution in [1.29, 1.82) is 0 Å². The number of phenolic OH excluding ortho intramolecular Hbond substituents is 1. The predicted molar refractivity (Wildman–Crippen MR) is 125 cm³/mol. The first-order valence-electron chi connectivity index (χ1n) is 11.8. The fourth-order valence-corrected chi connectivity index (χ4v) is 5.75. The van der Waals surface area contributed by atoms with Crippen LogP contribution in [0.3, 0.4) is 0 Å². The average Bonchev–Trinajstić information content (AvgIpc) is 3.01. The summed E-state index contributed by atoms with van der Waals surface area (Å²) in [4.78, 5) is 27.5. The van der Waals surface area contributed by atoms with E-state index < -0.39 is 25.1 Å². The summed E-state index contributed by atoms with van der Waals surface area (Å²) >= 11 is 0. The van der Waals surface area contributed by atoms with Crippen molar-refractivity contribution in [3.05, 3.63) is 46.5 Å². The number of imide groups is 1. The maximum Gasteiger partial charge on any atom is 0.455 e. The van der Waals surface area contributed by atoms with E-state index in [4.69, 9.17) is 4.65 Å². The molecule has 0 radical (unpaired) electrons. The smallest absolute Gasteiger partial charge is 0.455 e. The van der Waals surface area contributed by atoms with Gasteiger partial charge in [0.2, 0.25) is 11.8 Å². The van der Waals surface area contributed by atoms with E-state index in [0.717, 1.165) is 22.3 Å². The molecule has 8 heteroatoms. The zero-order valence-electron chi connectivity index (χ0n) is 19.2. The molecule has 3 N–H and O–H groups in total. The van der Waals surface area contributed by atoms with Crippen molar-refractivity contribution in [1.82, 2.24) is 4.90 Å². The molecule has 2 saturated heterocycles. The number of hydrogen-bond acceptors (Lipinski definition) is 6. The Bertz CT molecular complexity index is 989. The summed E-state index contributed by atoms with van der Waals surface area (Å²) in [5, 5.41) is 30.3. The van der Waals surface area contributed by atoms with Crippen LogP contribution in [0.25, 0.3) is 6.08 Å². The van der Waals surface area contributed by atoms with Gasteiger partial charge in [-0.15, -0.1) is 0 Å². The molecule has 2 aliphatic heterocycles. The van der Waals surface area contributed by atoms with Gasteiger partial charge in [-0.1, -0.05) is 30.7 Å². The Hall–Kier alpha value is -2.42. The molecule has 2 heterocycles. The number of nitrogens with zero attached hydrogens (tertiary/aromatic N) is 1. The van der Waals surface area contributed by atoms with E-state index in [1.54, 1.807) is 18.2 Å². The van der Waals surface area contributed by atoms with Crippen LogP contribution in [-0.4, -0.2) is 58.3 Å². The van der Waals surface area contributed by atoms with Crippen LogP contribution in [-0.2, 0) is 14.2 Å². The molecule has 1 aromatic carbocycles. The van der Waals surface area contributed by atoms with Gasteiger partial charge in [-0.2, -0.15) is 0 Å². The number of fused-ring (bicyclic) bond motifs is 3. The van der Waals surface area contributed by atoms with E-state index in [-0.39, 0.29) is 36.4 Å². The van der Waals surface area contributed by atoms with Gasteiger partial charge in [0.25, 0.3) is 0 Å². The fourth-order valence-electron chi connectivity index (χ4n) is 5.75. The summed E-state index contributed by atoms with van der Waals surface area (Å²) in [6.07, 6.45) is 4.18. The second kappa shape index (κ2) is 9.83. The fraction of sp³-hybridized carbons (Fsp3) is 0.520. The number of amides is 2. The van der Waals surface area contributed by atoms with Gasteiger partial charge in [-0.25, -0.2) is 0 Å². The number of aliphatic hydroxyl groups excluding tert-OH is 1. The Labute approximate surface area is 194 Å². The van der Waals surface area contributed by atoms with E-state index in [9.17, 15) is 24.8 Å². The molecule has 0 unspecified atom stereocenters. The highest BCUT2D eigenvalue weighted by Crippen LogP contribution is 2.50. The van der Waals surface area contributed by atoms with Crippen LogP contribution in [0.15, 0.2) is 41.0 Å². The molecule has 176 valence electrons. The number of phenols is 1. The summed E-state index contributed by atoms with van der Waals surface area (Å²) in [5.74, 6) is -1.34. The molecule has 0 spiro atoms. The van der Waals surface area contributed by atoms with Crippen molar-refractivity contribution in [3.63, 3.8) is 0 Å². The van der Waals surface area contributed by atoms with E-state index in [1.165, 1.54) is 4.90 Å². The third-order valence-corrected chi connectivity index (χ3v) is 7.12. The lowest BCUT2D eigenvalue weighted by atomic mass is 9.58. The third-order valence-electron chi connectivity index (χ3n) is 7.12. The number of hydrogen-bond donors (Lipinski definition) is 3. The largest absolute Gasteiger partial charge is 0.508 e. The maximum absolute atomic E-state index is 13.2. The minimum atomic E-state index is -1.01. The molecule has 4 atom stereocenters. The van der Waals surface area contributed by atoms with Gasteiger partial charge in [0.05, 0.1) is 24.5 Å². The van der Waals surface area contributed by atoms with Crippen LogP contribution in [0.4, 0.5) is 0 Å². The van der Waals surface area contributed by atoms with Crippen LogP contribution in [0.2, 0.25) is 6.32 Å². The number of carbonyl (C=O) groups excluding carboxylic acids is 2. The zero-order chi connectivity index (χ0) is 23.7. The summed E-state index contributed by atoms with van der Waals surface area (Å²) in [6, 6.07) is 7.02. The molecule has 4 rings (SSSR count). The van der Waals surface area contributed by atoms with E-state index in [0.29, 0.717) is 32.2 Å². The number of carbonyl (C=O) groups is 2. The van der Waals surface area contributed by atoms with E-state index in [1.807, 2.05) is 26.0 Å². The first kappa shape index (κ1) is 23.7. The van der Waals surface area contributed by atoms with E-state index >= 15 is 0 Å². The first-order valence-corrected chi connectivity index (χ1v) is 11.8. The number of likely N-dealkylation sites (tertiary alicyclic amines) is 1. The standard InChI is InChI=1S/C25H32BNO6/c1-3-9-27-24(30)19-12-17(14-28)22-20(23(19)25(27)31)13-26(32)33-21(22)8-7-15(2)10-16-5-4-6-18(29)11-16/h4-6,10-11,19-21,23,28-29,32H,3,7-9,12-14H2,1-2H3/b15-10+/t19-,20+,21-,23-/m1/s1. The van der Waals surface area contributed by atoms with Crippen molar-refractivity contribution in [2.24, 2.45) is 17.8 Å². The Morgan fingerprint density at radius 3 is 2.76 bits per heavy atom. The molecular formula is C25H32BNO6. The highest BCUT2D eigenvalue weighted by molar-refractivity contribution is 6.43. The summed E-state index contributed by atoms with van der Waals surface area (Å²) in [6.45, 7) is 4.16. The number of allylic oxidation sites excluding steroid dienone is 1. The minimum absolute atomic E-state index is 0.153. The molecule has 0 saturated carbocycles. The van der Waals surface area contributed by atoms with Gasteiger partial charge in [0.1, 0.15) is 5.75 Å². The summed E-state index contributed by atoms with van der Waals surface area (Å²) < 4.78 is 5.90. The molecule has 3 aliphatic rings. The van der Waals surface area contributed by atoms with Crippen molar-refractivity contribution < 1.29 is 29.5 Å². The Kier molecular flexibility index (Phi) is 7.07. The monoisotopic (exact) mass is 453 g/mol. The number of benzene rings is 1.